The maximum Gasteiger partial charge on any atom is 0.340 e. The third-order valence-electron chi connectivity index (χ3n) is 2.53. The van der Waals surface area contributed by atoms with Crippen LogP contribution < -0.4 is 11.1 Å². The molecule has 0 aliphatic heterocycles. The molecule has 19 heavy (non-hydrogen) atoms. The first-order chi connectivity index (χ1) is 9.06. The molecule has 0 spiro atoms. The number of anilines is 2. The number of carbonyl (C=O) groups excluding carboxylic acids is 1. The van der Waals surface area contributed by atoms with Crippen molar-refractivity contribution in [1.29, 1.82) is 0 Å². The van der Waals surface area contributed by atoms with Crippen LogP contribution in [0.25, 0.3) is 0 Å². The van der Waals surface area contributed by atoms with Gasteiger partial charge in [0.2, 0.25) is 0 Å². The Morgan fingerprint density at radius 1 is 1.47 bits per heavy atom. The predicted octanol–water partition coefficient (Wildman–Crippen LogP) is 1.63. The first-order valence-corrected chi connectivity index (χ1v) is 7.88. The minimum Gasteiger partial charge on any atom is -0.462 e. The highest BCUT2D eigenvalue weighted by Crippen LogP contribution is 2.23. The van der Waals surface area contributed by atoms with Gasteiger partial charge in [0.05, 0.1) is 23.5 Å². The van der Waals surface area contributed by atoms with E-state index in [0.29, 0.717) is 35.8 Å². The number of rotatable bonds is 7. The van der Waals surface area contributed by atoms with Gasteiger partial charge in [-0.05, 0) is 25.5 Å². The predicted molar refractivity (Wildman–Crippen MR) is 78.9 cm³/mol. The van der Waals surface area contributed by atoms with Crippen LogP contribution in [0.5, 0.6) is 0 Å². The molecule has 3 N–H and O–H groups in total. The molecule has 0 fully saturated rings. The largest absolute Gasteiger partial charge is 0.462 e. The molecule has 106 valence electrons. The smallest absolute Gasteiger partial charge is 0.340 e. The minimum absolute atomic E-state index is 0.318. The monoisotopic (exact) mass is 284 g/mol. The molecule has 0 bridgehead atoms. The Bertz CT molecular complexity index is 463. The maximum atomic E-state index is 11.7. The second-order valence-electron chi connectivity index (χ2n) is 4.04. The lowest BCUT2D eigenvalue weighted by Gasteiger charge is -2.12. The van der Waals surface area contributed by atoms with Crippen LogP contribution in [0.15, 0.2) is 18.2 Å². The minimum atomic E-state index is -0.789. The van der Waals surface area contributed by atoms with Crippen LogP contribution in [-0.4, -0.2) is 35.3 Å². The molecule has 0 amide bonds. The van der Waals surface area contributed by atoms with Gasteiger partial charge in [0.25, 0.3) is 0 Å². The first-order valence-electron chi connectivity index (χ1n) is 6.15. The summed E-state index contributed by atoms with van der Waals surface area (Å²) in [5.74, 6) is 0.225. The lowest BCUT2D eigenvalue weighted by Crippen LogP contribution is -2.12. The number of nitrogen functional groups attached to an aromatic ring is 1. The average Bonchev–Trinajstić information content (AvgIpc) is 2.36. The van der Waals surface area contributed by atoms with Crippen molar-refractivity contribution in [3.05, 3.63) is 23.8 Å². The summed E-state index contributed by atoms with van der Waals surface area (Å²) in [5, 5.41) is 3.14. The SMILES string of the molecule is CCOC(=O)c1cccc(NCCCS(C)=O)c1N. The topological polar surface area (TPSA) is 81.4 Å². The Morgan fingerprint density at radius 2 is 2.21 bits per heavy atom. The molecule has 0 saturated carbocycles. The van der Waals surface area contributed by atoms with Crippen molar-refractivity contribution in [2.75, 3.05) is 36.2 Å². The number of nitrogens with two attached hydrogens (primary N) is 1. The van der Waals surface area contributed by atoms with Crippen molar-refractivity contribution in [1.82, 2.24) is 0 Å². The van der Waals surface area contributed by atoms with Crippen LogP contribution in [0.2, 0.25) is 0 Å². The third-order valence-corrected chi connectivity index (χ3v) is 3.39. The van der Waals surface area contributed by atoms with Crippen LogP contribution in [0.3, 0.4) is 0 Å². The van der Waals surface area contributed by atoms with E-state index < -0.39 is 16.8 Å². The molecule has 1 rings (SSSR count). The summed E-state index contributed by atoms with van der Waals surface area (Å²) >= 11 is 0. The quantitative estimate of drug-likeness (QED) is 0.452. The Morgan fingerprint density at radius 3 is 2.84 bits per heavy atom. The van der Waals surface area contributed by atoms with E-state index in [9.17, 15) is 9.00 Å². The van der Waals surface area contributed by atoms with E-state index in [4.69, 9.17) is 10.5 Å². The van der Waals surface area contributed by atoms with Crippen molar-refractivity contribution in [2.24, 2.45) is 0 Å². The van der Waals surface area contributed by atoms with Crippen LogP contribution >= 0.6 is 0 Å². The first kappa shape index (κ1) is 15.5. The number of ether oxygens (including phenoxy) is 1. The summed E-state index contributed by atoms with van der Waals surface area (Å²) < 4.78 is 15.9. The number of hydrogen-bond donors (Lipinski definition) is 2. The molecule has 1 atom stereocenters. The fourth-order valence-electron chi connectivity index (χ4n) is 1.60. The Kier molecular flexibility index (Phi) is 6.35. The lowest BCUT2D eigenvalue weighted by atomic mass is 10.1. The summed E-state index contributed by atoms with van der Waals surface area (Å²) in [6.45, 7) is 2.73. The van der Waals surface area contributed by atoms with Crippen molar-refractivity contribution < 1.29 is 13.7 Å². The van der Waals surface area contributed by atoms with E-state index in [1.54, 1.807) is 31.4 Å². The van der Waals surface area contributed by atoms with Crippen molar-refractivity contribution >= 4 is 28.1 Å². The van der Waals surface area contributed by atoms with Gasteiger partial charge in [0, 0.05) is 29.4 Å². The molecule has 1 unspecified atom stereocenters. The summed E-state index contributed by atoms with van der Waals surface area (Å²) in [6.07, 6.45) is 2.46. The third kappa shape index (κ3) is 4.90. The van der Waals surface area contributed by atoms with E-state index in [1.807, 2.05) is 0 Å². The fraction of sp³-hybridized carbons (Fsp3) is 0.462. The highest BCUT2D eigenvalue weighted by Gasteiger charge is 2.12. The molecular weight excluding hydrogens is 264 g/mol. The van der Waals surface area contributed by atoms with Crippen molar-refractivity contribution in [2.45, 2.75) is 13.3 Å². The number of carbonyl (C=O) groups is 1. The fourth-order valence-corrected chi connectivity index (χ4v) is 2.16. The van der Waals surface area contributed by atoms with Gasteiger partial charge >= 0.3 is 5.97 Å². The zero-order chi connectivity index (χ0) is 14.3. The highest BCUT2D eigenvalue weighted by atomic mass is 32.2. The second kappa shape index (κ2) is 7.78. The van der Waals surface area contributed by atoms with Gasteiger partial charge in [0.1, 0.15) is 0 Å². The van der Waals surface area contributed by atoms with Gasteiger partial charge < -0.3 is 15.8 Å². The van der Waals surface area contributed by atoms with E-state index in [2.05, 4.69) is 5.32 Å². The summed E-state index contributed by atoms with van der Waals surface area (Å²) in [5.41, 5.74) is 7.39. The Hall–Kier alpha value is -1.56. The van der Waals surface area contributed by atoms with Crippen LogP contribution in [0, 0.1) is 0 Å². The average molecular weight is 284 g/mol. The van der Waals surface area contributed by atoms with Gasteiger partial charge in [-0.25, -0.2) is 4.79 Å². The van der Waals surface area contributed by atoms with Gasteiger partial charge in [-0.3, -0.25) is 4.21 Å². The number of esters is 1. The van der Waals surface area contributed by atoms with Crippen LogP contribution in [-0.2, 0) is 15.5 Å². The summed E-state index contributed by atoms with van der Waals surface area (Å²) in [4.78, 5) is 11.7. The lowest BCUT2D eigenvalue weighted by molar-refractivity contribution is 0.0527. The number of para-hydroxylation sites is 1. The van der Waals surface area contributed by atoms with Gasteiger partial charge in [-0.1, -0.05) is 6.07 Å². The molecular formula is C13H20N2O3S. The Balaban J connectivity index is 2.66. The molecule has 0 aliphatic carbocycles. The molecule has 0 radical (unpaired) electrons. The molecule has 5 nitrogen and oxygen atoms in total. The highest BCUT2D eigenvalue weighted by molar-refractivity contribution is 7.84. The Labute approximate surface area is 116 Å². The number of benzene rings is 1. The van der Waals surface area contributed by atoms with Gasteiger partial charge in [-0.15, -0.1) is 0 Å². The summed E-state index contributed by atoms with van der Waals surface area (Å²) in [6, 6.07) is 5.20. The number of hydrogen-bond acceptors (Lipinski definition) is 5. The molecule has 1 aromatic rings. The van der Waals surface area contributed by atoms with Crippen molar-refractivity contribution in [3.8, 4) is 0 Å². The normalized spacial score (nSPS) is 11.9. The zero-order valence-electron chi connectivity index (χ0n) is 11.3. The van der Waals surface area contributed by atoms with Gasteiger partial charge in [0.15, 0.2) is 0 Å². The van der Waals surface area contributed by atoms with E-state index in [-0.39, 0.29) is 0 Å². The molecule has 0 aliphatic rings. The standard InChI is InChI=1S/C13H20N2O3S/c1-3-18-13(16)10-6-4-7-11(12(10)14)15-8-5-9-19(2)17/h4,6-7,15H,3,5,8-9,14H2,1-2H3. The van der Waals surface area contributed by atoms with Gasteiger partial charge in [-0.2, -0.15) is 0 Å². The second-order valence-corrected chi connectivity index (χ2v) is 5.60. The van der Waals surface area contributed by atoms with Crippen LogP contribution in [0.1, 0.15) is 23.7 Å². The molecule has 0 heterocycles. The van der Waals surface area contributed by atoms with E-state index in [0.717, 1.165) is 6.42 Å². The molecule has 6 heteroatoms. The molecule has 0 aromatic heterocycles. The van der Waals surface area contributed by atoms with Crippen LogP contribution in [0.4, 0.5) is 11.4 Å². The maximum absolute atomic E-state index is 11.7. The zero-order valence-corrected chi connectivity index (χ0v) is 12.1. The van der Waals surface area contributed by atoms with E-state index >= 15 is 0 Å². The summed E-state index contributed by atoms with van der Waals surface area (Å²) in [7, 11) is -0.789. The molecule has 1 aromatic carbocycles. The number of nitrogens with one attached hydrogen (secondary N) is 1. The van der Waals surface area contributed by atoms with E-state index in [1.165, 1.54) is 0 Å². The molecule has 0 saturated heterocycles. The van der Waals surface area contributed by atoms with Crippen molar-refractivity contribution in [3.63, 3.8) is 0 Å².